The normalized spacial score (nSPS) is 22.4. The van der Waals surface area contributed by atoms with Crippen LogP contribution in [0, 0.1) is 0 Å². The molecule has 1 aromatic rings. The van der Waals surface area contributed by atoms with E-state index in [0.29, 0.717) is 12.8 Å². The molecule has 1 saturated heterocycles. The molecule has 1 atom stereocenters. The van der Waals surface area contributed by atoms with Gasteiger partial charge in [0.2, 0.25) is 11.8 Å². The molecule has 0 spiro atoms. The quantitative estimate of drug-likeness (QED) is 0.816. The van der Waals surface area contributed by atoms with Gasteiger partial charge in [-0.2, -0.15) is 0 Å². The molecular weight excluding hydrogens is 264 g/mol. The van der Waals surface area contributed by atoms with Crippen LogP contribution in [-0.2, 0) is 15.0 Å². The maximum atomic E-state index is 12.6. The second-order valence-corrected chi connectivity index (χ2v) is 5.60. The first-order valence-electron chi connectivity index (χ1n) is 7.74. The lowest BCUT2D eigenvalue weighted by Crippen LogP contribution is -2.52. The number of amides is 2. The fourth-order valence-corrected chi connectivity index (χ4v) is 3.05. The molecule has 114 valence electrons. The zero-order valence-corrected chi connectivity index (χ0v) is 12.9. The van der Waals surface area contributed by atoms with Crippen molar-refractivity contribution in [2.45, 2.75) is 38.5 Å². The van der Waals surface area contributed by atoms with Gasteiger partial charge in [0.15, 0.2) is 0 Å². The summed E-state index contributed by atoms with van der Waals surface area (Å²) in [6.07, 6.45) is 1.76. The smallest absolute Gasteiger partial charge is 0.237 e. The van der Waals surface area contributed by atoms with E-state index < -0.39 is 5.41 Å². The molecule has 0 radical (unpaired) electrons. The molecule has 0 aliphatic carbocycles. The minimum Gasteiger partial charge on any atom is -0.304 e. The van der Waals surface area contributed by atoms with Gasteiger partial charge >= 0.3 is 0 Å². The van der Waals surface area contributed by atoms with Crippen LogP contribution in [0.1, 0.15) is 38.7 Å². The molecule has 1 aliphatic heterocycles. The summed E-state index contributed by atoms with van der Waals surface area (Å²) in [5, 5.41) is 2.53. The fourth-order valence-electron chi connectivity index (χ4n) is 3.05. The Balaban J connectivity index is 2.26. The predicted octanol–water partition coefficient (Wildman–Crippen LogP) is 2.09. The van der Waals surface area contributed by atoms with Gasteiger partial charge in [0.25, 0.3) is 0 Å². The number of rotatable bonds is 6. The van der Waals surface area contributed by atoms with Crippen LogP contribution in [0.3, 0.4) is 0 Å². The van der Waals surface area contributed by atoms with Gasteiger partial charge in [0.05, 0.1) is 5.41 Å². The molecule has 0 saturated carbocycles. The van der Waals surface area contributed by atoms with Crippen LogP contribution in [0.15, 0.2) is 30.3 Å². The first kappa shape index (κ1) is 15.7. The Morgan fingerprint density at radius 3 is 2.38 bits per heavy atom. The zero-order chi connectivity index (χ0) is 15.3. The number of piperidine rings is 1. The summed E-state index contributed by atoms with van der Waals surface area (Å²) in [5.74, 6) is -0.300. The Bertz CT molecular complexity index is 497. The van der Waals surface area contributed by atoms with Crippen LogP contribution in [0.5, 0.6) is 0 Å². The van der Waals surface area contributed by atoms with Crippen molar-refractivity contribution < 1.29 is 9.59 Å². The van der Waals surface area contributed by atoms with Crippen molar-refractivity contribution >= 4 is 11.8 Å². The highest BCUT2D eigenvalue weighted by Crippen LogP contribution is 2.36. The Kier molecular flexibility index (Phi) is 5.12. The molecule has 21 heavy (non-hydrogen) atoms. The minimum absolute atomic E-state index is 0.142. The Morgan fingerprint density at radius 1 is 1.14 bits per heavy atom. The minimum atomic E-state index is -0.572. The van der Waals surface area contributed by atoms with E-state index in [2.05, 4.69) is 24.1 Å². The zero-order valence-electron chi connectivity index (χ0n) is 12.9. The van der Waals surface area contributed by atoms with Gasteiger partial charge < -0.3 is 4.90 Å². The lowest BCUT2D eigenvalue weighted by Gasteiger charge is -2.37. The van der Waals surface area contributed by atoms with Gasteiger partial charge in [0.1, 0.15) is 0 Å². The number of nitrogens with one attached hydrogen (secondary N) is 1. The summed E-state index contributed by atoms with van der Waals surface area (Å²) in [4.78, 5) is 26.4. The molecule has 0 bridgehead atoms. The molecular formula is C17H24N2O2. The molecule has 0 unspecified atom stereocenters. The third-order valence-corrected chi connectivity index (χ3v) is 4.54. The van der Waals surface area contributed by atoms with E-state index in [1.54, 1.807) is 0 Å². The van der Waals surface area contributed by atoms with E-state index in [1.165, 1.54) is 0 Å². The molecule has 1 N–H and O–H groups in total. The van der Waals surface area contributed by atoms with Crippen molar-refractivity contribution in [2.24, 2.45) is 0 Å². The first-order chi connectivity index (χ1) is 10.1. The van der Waals surface area contributed by atoms with Gasteiger partial charge in [-0.3, -0.25) is 14.9 Å². The molecule has 2 amide bonds. The molecule has 1 fully saturated rings. The van der Waals surface area contributed by atoms with Gasteiger partial charge in [-0.05, 0) is 38.0 Å². The van der Waals surface area contributed by atoms with Crippen molar-refractivity contribution in [1.82, 2.24) is 10.2 Å². The Morgan fingerprint density at radius 2 is 1.81 bits per heavy atom. The maximum Gasteiger partial charge on any atom is 0.237 e. The van der Waals surface area contributed by atoms with Crippen molar-refractivity contribution in [3.8, 4) is 0 Å². The van der Waals surface area contributed by atoms with Crippen LogP contribution >= 0.6 is 0 Å². The number of imide groups is 1. The topological polar surface area (TPSA) is 49.4 Å². The largest absolute Gasteiger partial charge is 0.304 e. The van der Waals surface area contributed by atoms with Gasteiger partial charge in [-0.25, -0.2) is 0 Å². The number of benzene rings is 1. The van der Waals surface area contributed by atoms with E-state index in [9.17, 15) is 9.59 Å². The predicted molar refractivity (Wildman–Crippen MR) is 82.9 cm³/mol. The molecule has 1 aromatic carbocycles. The highest BCUT2D eigenvalue weighted by molar-refractivity contribution is 6.03. The molecule has 4 nitrogen and oxygen atoms in total. The van der Waals surface area contributed by atoms with Crippen LogP contribution in [0.2, 0.25) is 0 Å². The fraction of sp³-hybridized carbons (Fsp3) is 0.529. The molecule has 1 aliphatic rings. The van der Waals surface area contributed by atoms with E-state index in [1.807, 2.05) is 30.3 Å². The second kappa shape index (κ2) is 6.85. The van der Waals surface area contributed by atoms with Gasteiger partial charge in [-0.15, -0.1) is 0 Å². The first-order valence-corrected chi connectivity index (χ1v) is 7.74. The van der Waals surface area contributed by atoms with Gasteiger partial charge in [0, 0.05) is 6.42 Å². The summed E-state index contributed by atoms with van der Waals surface area (Å²) in [6, 6.07) is 9.86. The van der Waals surface area contributed by atoms with Crippen LogP contribution in [0.25, 0.3) is 0 Å². The molecule has 4 heteroatoms. The molecule has 2 rings (SSSR count). The summed E-state index contributed by atoms with van der Waals surface area (Å²) >= 11 is 0. The number of carbonyl (C=O) groups excluding carboxylic acids is 2. The SMILES string of the molecule is CCN(CC)CC[C@]1(c2ccccc2)CCC(=O)NC1=O. The van der Waals surface area contributed by atoms with Crippen molar-refractivity contribution in [3.05, 3.63) is 35.9 Å². The highest BCUT2D eigenvalue weighted by Gasteiger charge is 2.43. The summed E-state index contributed by atoms with van der Waals surface area (Å²) in [6.45, 7) is 7.07. The standard InChI is InChI=1S/C17H24N2O2/c1-3-19(4-2)13-12-17(14-8-6-5-7-9-14)11-10-15(20)18-16(17)21/h5-9H,3-4,10-13H2,1-2H3,(H,18,20,21)/t17-/m0/s1. The Labute approximate surface area is 126 Å². The molecule has 1 heterocycles. The highest BCUT2D eigenvalue weighted by atomic mass is 16.2. The van der Waals surface area contributed by atoms with E-state index in [0.717, 1.165) is 31.6 Å². The molecule has 0 aromatic heterocycles. The summed E-state index contributed by atoms with van der Waals surface area (Å²) in [5.41, 5.74) is 0.444. The van der Waals surface area contributed by atoms with Crippen LogP contribution in [-0.4, -0.2) is 36.3 Å². The van der Waals surface area contributed by atoms with Crippen LogP contribution < -0.4 is 5.32 Å². The average molecular weight is 288 g/mol. The van der Waals surface area contributed by atoms with Gasteiger partial charge in [-0.1, -0.05) is 44.2 Å². The second-order valence-electron chi connectivity index (χ2n) is 5.60. The van der Waals surface area contributed by atoms with Crippen molar-refractivity contribution in [3.63, 3.8) is 0 Å². The van der Waals surface area contributed by atoms with E-state index >= 15 is 0 Å². The third kappa shape index (κ3) is 3.32. The average Bonchev–Trinajstić information content (AvgIpc) is 2.51. The number of hydrogen-bond acceptors (Lipinski definition) is 3. The van der Waals surface area contributed by atoms with Crippen LogP contribution in [0.4, 0.5) is 0 Å². The Hall–Kier alpha value is -1.68. The number of hydrogen-bond donors (Lipinski definition) is 1. The maximum absolute atomic E-state index is 12.6. The van der Waals surface area contributed by atoms with E-state index in [4.69, 9.17) is 0 Å². The third-order valence-electron chi connectivity index (χ3n) is 4.54. The van der Waals surface area contributed by atoms with Crippen molar-refractivity contribution in [2.75, 3.05) is 19.6 Å². The van der Waals surface area contributed by atoms with Crippen molar-refractivity contribution in [1.29, 1.82) is 0 Å². The summed E-state index contributed by atoms with van der Waals surface area (Å²) < 4.78 is 0. The van der Waals surface area contributed by atoms with E-state index in [-0.39, 0.29) is 11.8 Å². The summed E-state index contributed by atoms with van der Waals surface area (Å²) in [7, 11) is 0. The monoisotopic (exact) mass is 288 g/mol. The number of carbonyl (C=O) groups is 2. The number of nitrogens with zero attached hydrogens (tertiary/aromatic N) is 1. The lowest BCUT2D eigenvalue weighted by molar-refractivity contribution is -0.138. The lowest BCUT2D eigenvalue weighted by atomic mass is 9.71.